The van der Waals surface area contributed by atoms with Gasteiger partial charge in [0.25, 0.3) is 0 Å². The first-order chi connectivity index (χ1) is 4.06. The van der Waals surface area contributed by atoms with Crippen LogP contribution in [0.25, 0.3) is 0 Å². The Hall–Kier alpha value is -0.0800. The van der Waals surface area contributed by atoms with E-state index in [4.69, 9.17) is 4.74 Å². The third-order valence-electron chi connectivity index (χ3n) is 0.798. The maximum atomic E-state index is 10.9. The molecule has 0 aromatic carbocycles. The maximum Gasteiger partial charge on any atom is 0.121 e. The van der Waals surface area contributed by atoms with Gasteiger partial charge in [-0.1, -0.05) is 6.92 Å². The highest BCUT2D eigenvalue weighted by Gasteiger charge is 2.14. The standard InChI is InChI=1S/C7H15O2/c1-4-5-9-6-7(2,3)8/h4-6H2,1-3H3. The van der Waals surface area contributed by atoms with Crippen LogP contribution in [-0.2, 0) is 9.84 Å². The molecule has 0 rings (SSSR count). The summed E-state index contributed by atoms with van der Waals surface area (Å²) >= 11 is 0. The average molecular weight is 131 g/mol. The average Bonchev–Trinajstić information content (AvgIpc) is 1.63. The van der Waals surface area contributed by atoms with E-state index >= 15 is 0 Å². The summed E-state index contributed by atoms with van der Waals surface area (Å²) in [5, 5.41) is 10.9. The molecule has 0 saturated carbocycles. The van der Waals surface area contributed by atoms with Crippen molar-refractivity contribution in [3.05, 3.63) is 0 Å². The van der Waals surface area contributed by atoms with E-state index in [2.05, 4.69) is 0 Å². The summed E-state index contributed by atoms with van der Waals surface area (Å²) in [5.74, 6) is 0. The van der Waals surface area contributed by atoms with Gasteiger partial charge in [0.15, 0.2) is 0 Å². The smallest absolute Gasteiger partial charge is 0.121 e. The van der Waals surface area contributed by atoms with Gasteiger partial charge < -0.3 is 4.74 Å². The Morgan fingerprint density at radius 2 is 2.00 bits per heavy atom. The fourth-order valence-corrected chi connectivity index (χ4v) is 0.462. The number of ether oxygens (including phenoxy) is 1. The highest BCUT2D eigenvalue weighted by Crippen LogP contribution is 2.01. The van der Waals surface area contributed by atoms with E-state index in [1.54, 1.807) is 13.8 Å². The van der Waals surface area contributed by atoms with Crippen molar-refractivity contribution in [2.45, 2.75) is 32.8 Å². The van der Waals surface area contributed by atoms with Gasteiger partial charge in [-0.15, -0.1) is 0 Å². The molecule has 0 fully saturated rings. The zero-order valence-corrected chi connectivity index (χ0v) is 6.44. The van der Waals surface area contributed by atoms with Crippen molar-refractivity contribution in [3.8, 4) is 0 Å². The van der Waals surface area contributed by atoms with E-state index in [-0.39, 0.29) is 0 Å². The molecule has 0 heterocycles. The minimum Gasteiger partial charge on any atom is -0.378 e. The lowest BCUT2D eigenvalue weighted by atomic mass is 10.2. The monoisotopic (exact) mass is 131 g/mol. The first-order valence-electron chi connectivity index (χ1n) is 3.34. The fourth-order valence-electron chi connectivity index (χ4n) is 0.462. The van der Waals surface area contributed by atoms with E-state index in [1.165, 1.54) is 0 Å². The van der Waals surface area contributed by atoms with Crippen molar-refractivity contribution in [2.75, 3.05) is 13.2 Å². The molecule has 0 bridgehead atoms. The molecule has 0 aliphatic rings. The minimum absolute atomic E-state index is 0.320. The molecule has 0 aliphatic heterocycles. The molecule has 0 N–H and O–H groups in total. The molecule has 2 heteroatoms. The molecule has 0 unspecified atom stereocenters. The summed E-state index contributed by atoms with van der Waals surface area (Å²) < 4.78 is 5.03. The van der Waals surface area contributed by atoms with Gasteiger partial charge in [0.05, 0.1) is 6.61 Å². The Kier molecular flexibility index (Phi) is 3.82. The van der Waals surface area contributed by atoms with Gasteiger partial charge in [0.2, 0.25) is 0 Å². The molecule has 0 saturated heterocycles. The predicted molar refractivity (Wildman–Crippen MR) is 35.9 cm³/mol. The van der Waals surface area contributed by atoms with Crippen molar-refractivity contribution in [1.82, 2.24) is 0 Å². The lowest BCUT2D eigenvalue weighted by molar-refractivity contribution is -0.0657. The van der Waals surface area contributed by atoms with Gasteiger partial charge >= 0.3 is 0 Å². The van der Waals surface area contributed by atoms with Crippen molar-refractivity contribution >= 4 is 0 Å². The molecule has 2 nitrogen and oxygen atoms in total. The molecule has 9 heavy (non-hydrogen) atoms. The SMILES string of the molecule is CCCOCC(C)(C)[O]. The summed E-state index contributed by atoms with van der Waals surface area (Å²) in [5.41, 5.74) is -0.921. The third kappa shape index (κ3) is 7.92. The van der Waals surface area contributed by atoms with Gasteiger partial charge in [-0.2, -0.15) is 0 Å². The Morgan fingerprint density at radius 3 is 2.33 bits per heavy atom. The van der Waals surface area contributed by atoms with Gasteiger partial charge in [-0.25, -0.2) is 5.11 Å². The molecular weight excluding hydrogens is 116 g/mol. The summed E-state index contributed by atoms with van der Waals surface area (Å²) in [6.45, 7) is 6.30. The molecule has 0 spiro atoms. The van der Waals surface area contributed by atoms with E-state index < -0.39 is 5.60 Å². The van der Waals surface area contributed by atoms with Crippen molar-refractivity contribution < 1.29 is 9.84 Å². The predicted octanol–water partition coefficient (Wildman–Crippen LogP) is 1.62. The Balaban J connectivity index is 3.07. The Bertz CT molecular complexity index is 63.8. The molecular formula is C7H15O2. The molecule has 1 radical (unpaired) electrons. The Labute approximate surface area is 56.8 Å². The van der Waals surface area contributed by atoms with Crippen LogP contribution in [0.4, 0.5) is 0 Å². The van der Waals surface area contributed by atoms with Crippen LogP contribution in [0.1, 0.15) is 27.2 Å². The first-order valence-corrected chi connectivity index (χ1v) is 3.34. The first kappa shape index (κ1) is 8.92. The maximum absolute atomic E-state index is 10.9. The van der Waals surface area contributed by atoms with Crippen LogP contribution in [0.3, 0.4) is 0 Å². The second kappa shape index (κ2) is 3.85. The molecule has 0 atom stereocenters. The van der Waals surface area contributed by atoms with Crippen LogP contribution in [0.5, 0.6) is 0 Å². The number of rotatable bonds is 4. The van der Waals surface area contributed by atoms with Crippen LogP contribution in [0.15, 0.2) is 0 Å². The highest BCUT2D eigenvalue weighted by molar-refractivity contribution is 4.61. The van der Waals surface area contributed by atoms with E-state index in [0.717, 1.165) is 6.42 Å². The summed E-state index contributed by atoms with van der Waals surface area (Å²) in [6, 6.07) is 0. The number of hydrogen-bond donors (Lipinski definition) is 0. The van der Waals surface area contributed by atoms with Crippen LogP contribution in [0.2, 0.25) is 0 Å². The summed E-state index contributed by atoms with van der Waals surface area (Å²) in [7, 11) is 0. The second-order valence-corrected chi connectivity index (χ2v) is 2.81. The van der Waals surface area contributed by atoms with Gasteiger partial charge in [0.1, 0.15) is 5.60 Å². The van der Waals surface area contributed by atoms with E-state index in [1.807, 2.05) is 6.92 Å². The molecule has 0 amide bonds. The van der Waals surface area contributed by atoms with Crippen molar-refractivity contribution in [1.29, 1.82) is 0 Å². The fraction of sp³-hybridized carbons (Fsp3) is 1.00. The summed E-state index contributed by atoms with van der Waals surface area (Å²) in [4.78, 5) is 0. The zero-order valence-electron chi connectivity index (χ0n) is 6.44. The summed E-state index contributed by atoms with van der Waals surface area (Å²) in [6.07, 6.45) is 0.982. The minimum atomic E-state index is -0.921. The normalized spacial score (nSPS) is 12.0. The quantitative estimate of drug-likeness (QED) is 0.533. The molecule has 0 aromatic rings. The van der Waals surface area contributed by atoms with Crippen LogP contribution < -0.4 is 0 Å². The third-order valence-corrected chi connectivity index (χ3v) is 0.798. The van der Waals surface area contributed by atoms with E-state index in [9.17, 15) is 5.11 Å². The van der Waals surface area contributed by atoms with Gasteiger partial charge in [0, 0.05) is 6.61 Å². The second-order valence-electron chi connectivity index (χ2n) is 2.81. The van der Waals surface area contributed by atoms with Crippen LogP contribution >= 0.6 is 0 Å². The lowest BCUT2D eigenvalue weighted by Crippen LogP contribution is -2.24. The van der Waals surface area contributed by atoms with E-state index in [0.29, 0.717) is 13.2 Å². The van der Waals surface area contributed by atoms with Gasteiger partial charge in [-0.05, 0) is 20.3 Å². The van der Waals surface area contributed by atoms with Crippen LogP contribution in [0, 0.1) is 0 Å². The van der Waals surface area contributed by atoms with Crippen molar-refractivity contribution in [3.63, 3.8) is 0 Å². The lowest BCUT2D eigenvalue weighted by Gasteiger charge is -2.13. The topological polar surface area (TPSA) is 29.1 Å². The molecule has 0 aliphatic carbocycles. The molecule has 0 aromatic heterocycles. The zero-order chi connectivity index (χ0) is 7.33. The highest BCUT2D eigenvalue weighted by atomic mass is 16.5. The Morgan fingerprint density at radius 1 is 1.44 bits per heavy atom. The number of hydrogen-bond acceptors (Lipinski definition) is 1. The van der Waals surface area contributed by atoms with Crippen LogP contribution in [-0.4, -0.2) is 18.8 Å². The molecule has 55 valence electrons. The van der Waals surface area contributed by atoms with Gasteiger partial charge in [-0.3, -0.25) is 0 Å². The largest absolute Gasteiger partial charge is 0.378 e. The van der Waals surface area contributed by atoms with Crippen molar-refractivity contribution in [2.24, 2.45) is 0 Å².